The predicted molar refractivity (Wildman–Crippen MR) is 80.5 cm³/mol. The molecule has 19 heavy (non-hydrogen) atoms. The van der Waals surface area contributed by atoms with Crippen molar-refractivity contribution < 1.29 is 4.79 Å². The molecule has 3 N–H and O–H groups in total. The van der Waals surface area contributed by atoms with Crippen molar-refractivity contribution in [1.82, 2.24) is 5.32 Å². The van der Waals surface area contributed by atoms with E-state index >= 15 is 0 Å². The van der Waals surface area contributed by atoms with E-state index in [0.717, 1.165) is 16.9 Å². The zero-order chi connectivity index (χ0) is 13.8. The van der Waals surface area contributed by atoms with Crippen molar-refractivity contribution in [2.75, 3.05) is 5.73 Å². The number of hydrogen-bond donors (Lipinski definition) is 2. The van der Waals surface area contributed by atoms with Crippen LogP contribution in [0.25, 0.3) is 0 Å². The number of anilines is 1. The molecule has 0 spiro atoms. The van der Waals surface area contributed by atoms with Crippen LogP contribution in [0.15, 0.2) is 30.3 Å². The lowest BCUT2D eigenvalue weighted by Gasteiger charge is -2.09. The fourth-order valence-electron chi connectivity index (χ4n) is 1.96. The number of aryl methyl sites for hydroxylation is 2. The molecule has 0 fully saturated rings. The fourth-order valence-corrected chi connectivity index (χ4v) is 2.86. The summed E-state index contributed by atoms with van der Waals surface area (Å²) in [5.74, 6) is -0.109. The van der Waals surface area contributed by atoms with Gasteiger partial charge in [-0.05, 0) is 37.1 Å². The van der Waals surface area contributed by atoms with Gasteiger partial charge in [-0.25, -0.2) is 0 Å². The molecule has 0 aliphatic carbocycles. The van der Waals surface area contributed by atoms with Crippen LogP contribution in [0, 0.1) is 6.92 Å². The molecule has 2 aromatic rings. The summed E-state index contributed by atoms with van der Waals surface area (Å²) < 4.78 is 0. The first-order valence-corrected chi connectivity index (χ1v) is 7.14. The summed E-state index contributed by atoms with van der Waals surface area (Å²) in [7, 11) is 0. The van der Waals surface area contributed by atoms with Gasteiger partial charge in [0.25, 0.3) is 5.91 Å². The van der Waals surface area contributed by atoms with Crippen LogP contribution in [0.5, 0.6) is 0 Å². The molecule has 1 amide bonds. The normalized spacial score (nSPS) is 10.4. The third kappa shape index (κ3) is 3.15. The highest BCUT2D eigenvalue weighted by Crippen LogP contribution is 2.18. The second kappa shape index (κ2) is 5.89. The lowest BCUT2D eigenvalue weighted by atomic mass is 10.1. The molecule has 0 unspecified atom stereocenters. The van der Waals surface area contributed by atoms with E-state index < -0.39 is 0 Å². The Bertz CT molecular complexity index is 569. The predicted octanol–water partition coefficient (Wildman–Crippen LogP) is 3.13. The largest absolute Gasteiger partial charge is 0.398 e. The van der Waals surface area contributed by atoms with Crippen molar-refractivity contribution in [3.05, 3.63) is 51.2 Å². The highest BCUT2D eigenvalue weighted by molar-refractivity contribution is 7.11. The molecule has 1 heterocycles. The lowest BCUT2D eigenvalue weighted by Crippen LogP contribution is -2.24. The van der Waals surface area contributed by atoms with Gasteiger partial charge in [-0.2, -0.15) is 0 Å². The average Bonchev–Trinajstić information content (AvgIpc) is 2.84. The number of amides is 1. The van der Waals surface area contributed by atoms with Gasteiger partial charge in [0.1, 0.15) is 0 Å². The van der Waals surface area contributed by atoms with Crippen LogP contribution in [-0.4, -0.2) is 5.91 Å². The molecule has 0 bridgehead atoms. The molecular weight excluding hydrogens is 256 g/mol. The maximum Gasteiger partial charge on any atom is 0.253 e. The minimum Gasteiger partial charge on any atom is -0.398 e. The van der Waals surface area contributed by atoms with Gasteiger partial charge >= 0.3 is 0 Å². The van der Waals surface area contributed by atoms with E-state index in [9.17, 15) is 4.79 Å². The van der Waals surface area contributed by atoms with E-state index in [2.05, 4.69) is 24.4 Å². The number of carbonyl (C=O) groups excluding carboxylic acids is 1. The highest BCUT2D eigenvalue weighted by atomic mass is 32.1. The molecule has 4 heteroatoms. The smallest absolute Gasteiger partial charge is 0.253 e. The highest BCUT2D eigenvalue weighted by Gasteiger charge is 2.12. The van der Waals surface area contributed by atoms with E-state index in [0.29, 0.717) is 17.8 Å². The Kier molecular flexibility index (Phi) is 4.22. The first-order valence-electron chi connectivity index (χ1n) is 6.32. The van der Waals surface area contributed by atoms with E-state index in [4.69, 9.17) is 5.73 Å². The van der Waals surface area contributed by atoms with Crippen molar-refractivity contribution in [2.24, 2.45) is 0 Å². The number of nitrogen functional groups attached to an aromatic ring is 1. The summed E-state index contributed by atoms with van der Waals surface area (Å²) in [6.07, 6.45) is 1.03. The van der Waals surface area contributed by atoms with Crippen molar-refractivity contribution in [2.45, 2.75) is 26.8 Å². The van der Waals surface area contributed by atoms with Crippen LogP contribution in [0.2, 0.25) is 0 Å². The Morgan fingerprint density at radius 1 is 1.26 bits per heavy atom. The molecular formula is C15H18N2OS. The molecule has 2 rings (SSSR count). The number of nitrogens with two attached hydrogens (primary N) is 1. The van der Waals surface area contributed by atoms with Crippen molar-refractivity contribution >= 4 is 22.9 Å². The number of thiophene rings is 1. The Hall–Kier alpha value is -1.81. The molecule has 0 aliphatic heterocycles. The number of carbonyl (C=O) groups is 1. The molecule has 0 saturated heterocycles. The van der Waals surface area contributed by atoms with Crippen molar-refractivity contribution in [1.29, 1.82) is 0 Å². The number of rotatable bonds is 4. The van der Waals surface area contributed by atoms with Gasteiger partial charge in [-0.15, -0.1) is 11.3 Å². The standard InChI is InChI=1S/C15H18N2OS/c1-3-11-7-8-12(19-11)9-17-15(18)14-10(2)5-4-6-13(14)16/h4-8H,3,9,16H2,1-2H3,(H,17,18). The number of benzene rings is 1. The van der Waals surface area contributed by atoms with Gasteiger partial charge in [0.05, 0.1) is 12.1 Å². The average molecular weight is 274 g/mol. The molecule has 0 aliphatic rings. The number of nitrogens with one attached hydrogen (secondary N) is 1. The number of hydrogen-bond acceptors (Lipinski definition) is 3. The van der Waals surface area contributed by atoms with Gasteiger partial charge in [0.2, 0.25) is 0 Å². The molecule has 0 radical (unpaired) electrons. The van der Waals surface area contributed by atoms with Crippen LogP contribution in [0.3, 0.4) is 0 Å². The molecule has 3 nitrogen and oxygen atoms in total. The zero-order valence-corrected chi connectivity index (χ0v) is 12.0. The monoisotopic (exact) mass is 274 g/mol. The fraction of sp³-hybridized carbons (Fsp3) is 0.267. The summed E-state index contributed by atoms with van der Waals surface area (Å²) in [4.78, 5) is 14.6. The van der Waals surface area contributed by atoms with Crippen LogP contribution in [-0.2, 0) is 13.0 Å². The SMILES string of the molecule is CCc1ccc(CNC(=O)c2c(C)cccc2N)s1. The topological polar surface area (TPSA) is 55.1 Å². The maximum atomic E-state index is 12.1. The van der Waals surface area contributed by atoms with Crippen LogP contribution in [0.1, 0.15) is 32.6 Å². The summed E-state index contributed by atoms with van der Waals surface area (Å²) in [5.41, 5.74) is 7.86. The Balaban J connectivity index is 2.05. The molecule has 100 valence electrons. The molecule has 1 aromatic heterocycles. The first kappa shape index (κ1) is 13.6. The minimum absolute atomic E-state index is 0.109. The van der Waals surface area contributed by atoms with Crippen LogP contribution < -0.4 is 11.1 Å². The maximum absolute atomic E-state index is 12.1. The summed E-state index contributed by atoms with van der Waals surface area (Å²) in [6.45, 7) is 4.57. The lowest BCUT2D eigenvalue weighted by molar-refractivity contribution is 0.0951. The minimum atomic E-state index is -0.109. The van der Waals surface area contributed by atoms with E-state index in [1.165, 1.54) is 4.88 Å². The summed E-state index contributed by atoms with van der Waals surface area (Å²) in [5, 5.41) is 2.93. The van der Waals surface area contributed by atoms with Gasteiger partial charge in [0.15, 0.2) is 0 Å². The summed E-state index contributed by atoms with van der Waals surface area (Å²) in [6, 6.07) is 9.67. The van der Waals surface area contributed by atoms with Gasteiger partial charge < -0.3 is 11.1 Å². The Morgan fingerprint density at radius 2 is 2.00 bits per heavy atom. The quantitative estimate of drug-likeness (QED) is 0.842. The summed E-state index contributed by atoms with van der Waals surface area (Å²) >= 11 is 1.73. The first-order chi connectivity index (χ1) is 9.11. The van der Waals surface area contributed by atoms with Crippen LogP contribution >= 0.6 is 11.3 Å². The van der Waals surface area contributed by atoms with Crippen molar-refractivity contribution in [3.63, 3.8) is 0 Å². The Morgan fingerprint density at radius 3 is 2.63 bits per heavy atom. The molecule has 0 atom stereocenters. The third-order valence-corrected chi connectivity index (χ3v) is 4.25. The van der Waals surface area contributed by atoms with Crippen LogP contribution in [0.4, 0.5) is 5.69 Å². The van der Waals surface area contributed by atoms with Gasteiger partial charge in [0, 0.05) is 15.4 Å². The second-order valence-electron chi connectivity index (χ2n) is 4.44. The molecule has 1 aromatic carbocycles. The zero-order valence-electron chi connectivity index (χ0n) is 11.2. The third-order valence-electron chi connectivity index (χ3n) is 3.02. The van der Waals surface area contributed by atoms with Crippen molar-refractivity contribution in [3.8, 4) is 0 Å². The Labute approximate surface area is 117 Å². The van der Waals surface area contributed by atoms with E-state index in [1.54, 1.807) is 17.4 Å². The van der Waals surface area contributed by atoms with Gasteiger partial charge in [-0.3, -0.25) is 4.79 Å². The van der Waals surface area contributed by atoms with E-state index in [1.807, 2.05) is 19.1 Å². The second-order valence-corrected chi connectivity index (χ2v) is 5.70. The van der Waals surface area contributed by atoms with Gasteiger partial charge in [-0.1, -0.05) is 19.1 Å². The molecule has 0 saturated carbocycles. The van der Waals surface area contributed by atoms with E-state index in [-0.39, 0.29) is 5.91 Å².